The first-order valence-electron chi connectivity index (χ1n) is 12.1. The Hall–Kier alpha value is -4.53. The number of benzene rings is 3. The highest BCUT2D eigenvalue weighted by molar-refractivity contribution is 5.94. The maximum atomic E-state index is 12.7. The van der Waals surface area contributed by atoms with E-state index in [0.29, 0.717) is 18.0 Å². The van der Waals surface area contributed by atoms with Crippen molar-refractivity contribution in [2.75, 3.05) is 32.7 Å². The number of carbonyl (C=O) groups excluding carboxylic acids is 3. The molecule has 0 aliphatic carbocycles. The van der Waals surface area contributed by atoms with Crippen LogP contribution < -0.4 is 24.8 Å². The molecule has 38 heavy (non-hydrogen) atoms. The second-order valence-corrected chi connectivity index (χ2v) is 8.51. The number of methoxy groups -OCH3 is 2. The van der Waals surface area contributed by atoms with Crippen LogP contribution in [-0.2, 0) is 14.3 Å². The first-order valence-corrected chi connectivity index (χ1v) is 12.1. The van der Waals surface area contributed by atoms with E-state index in [1.807, 2.05) is 37.3 Å². The van der Waals surface area contributed by atoms with E-state index in [-0.39, 0.29) is 29.6 Å². The molecule has 3 aromatic carbocycles. The number of anilines is 1. The molecule has 0 heterocycles. The van der Waals surface area contributed by atoms with Crippen LogP contribution in [0.3, 0.4) is 0 Å². The zero-order valence-electron chi connectivity index (χ0n) is 21.9. The minimum Gasteiger partial charge on any atom is -0.495 e. The Morgan fingerprint density at radius 1 is 0.816 bits per heavy atom. The number of rotatable bonds is 12. The molecule has 2 amide bonds. The van der Waals surface area contributed by atoms with Crippen LogP contribution >= 0.6 is 0 Å². The van der Waals surface area contributed by atoms with Crippen molar-refractivity contribution in [1.82, 2.24) is 5.32 Å². The quantitative estimate of drug-likeness (QED) is 0.345. The highest BCUT2D eigenvalue weighted by Crippen LogP contribution is 2.29. The SMILES string of the molecule is COc1ccccc1NC(=O)COc1ccc(C(=O)O[C@H](C)C(=O)NC[C@H](C)c2ccccc2)cc1OC. The van der Waals surface area contributed by atoms with Crippen molar-refractivity contribution in [3.8, 4) is 17.2 Å². The number of ether oxygens (including phenoxy) is 4. The Labute approximate surface area is 222 Å². The highest BCUT2D eigenvalue weighted by Gasteiger charge is 2.21. The third-order valence-corrected chi connectivity index (χ3v) is 5.74. The van der Waals surface area contributed by atoms with Gasteiger partial charge in [-0.15, -0.1) is 0 Å². The van der Waals surface area contributed by atoms with Crippen LogP contribution in [0.4, 0.5) is 5.69 Å². The van der Waals surface area contributed by atoms with Crippen molar-refractivity contribution in [3.63, 3.8) is 0 Å². The van der Waals surface area contributed by atoms with Gasteiger partial charge < -0.3 is 29.6 Å². The molecule has 0 bridgehead atoms. The Morgan fingerprint density at radius 2 is 1.50 bits per heavy atom. The fourth-order valence-corrected chi connectivity index (χ4v) is 3.57. The van der Waals surface area contributed by atoms with Crippen LogP contribution in [0.5, 0.6) is 17.2 Å². The molecular formula is C29H32N2O7. The lowest BCUT2D eigenvalue weighted by atomic mass is 10.0. The summed E-state index contributed by atoms with van der Waals surface area (Å²) in [7, 11) is 2.93. The molecule has 200 valence electrons. The zero-order valence-corrected chi connectivity index (χ0v) is 21.9. The number of carbonyl (C=O) groups is 3. The molecule has 0 aliphatic rings. The van der Waals surface area contributed by atoms with Crippen molar-refractivity contribution in [2.45, 2.75) is 25.9 Å². The van der Waals surface area contributed by atoms with E-state index >= 15 is 0 Å². The molecule has 0 radical (unpaired) electrons. The van der Waals surface area contributed by atoms with Crippen LogP contribution in [0.25, 0.3) is 0 Å². The molecule has 2 atom stereocenters. The summed E-state index contributed by atoms with van der Waals surface area (Å²) >= 11 is 0. The molecule has 0 aliphatic heterocycles. The second-order valence-electron chi connectivity index (χ2n) is 8.51. The predicted octanol–water partition coefficient (Wildman–Crippen LogP) is 4.19. The molecular weight excluding hydrogens is 488 g/mol. The first kappa shape index (κ1) is 28.0. The van der Waals surface area contributed by atoms with Crippen LogP contribution in [0.1, 0.15) is 35.7 Å². The topological polar surface area (TPSA) is 112 Å². The standard InChI is InChI=1S/C29H32N2O7/c1-19(21-10-6-5-7-11-21)17-30-28(33)20(2)38-29(34)22-14-15-25(26(16-22)36-4)37-18-27(32)31-23-12-8-9-13-24(23)35-3/h5-16,19-20H,17-18H2,1-4H3,(H,30,33)(H,31,32)/t19-,20+/m0/s1. The summed E-state index contributed by atoms with van der Waals surface area (Å²) < 4.78 is 21.5. The van der Waals surface area contributed by atoms with Crippen LogP contribution in [0, 0.1) is 0 Å². The molecule has 3 rings (SSSR count). The van der Waals surface area contributed by atoms with Crippen molar-refractivity contribution in [2.24, 2.45) is 0 Å². The number of nitrogens with one attached hydrogen (secondary N) is 2. The maximum Gasteiger partial charge on any atom is 0.339 e. The third-order valence-electron chi connectivity index (χ3n) is 5.74. The van der Waals surface area contributed by atoms with Gasteiger partial charge in [0, 0.05) is 6.54 Å². The number of hydrogen-bond acceptors (Lipinski definition) is 7. The molecule has 2 N–H and O–H groups in total. The summed E-state index contributed by atoms with van der Waals surface area (Å²) in [6, 6.07) is 21.2. The fraction of sp³-hybridized carbons (Fsp3) is 0.276. The molecule has 0 fully saturated rings. The van der Waals surface area contributed by atoms with E-state index in [4.69, 9.17) is 18.9 Å². The Bertz CT molecular complexity index is 1250. The molecule has 9 nitrogen and oxygen atoms in total. The van der Waals surface area contributed by atoms with Gasteiger partial charge in [0.2, 0.25) is 0 Å². The normalized spacial score (nSPS) is 12.0. The molecule has 9 heteroatoms. The minimum atomic E-state index is -0.994. The first-order chi connectivity index (χ1) is 18.3. The molecule has 3 aromatic rings. The maximum absolute atomic E-state index is 12.7. The summed E-state index contributed by atoms with van der Waals surface area (Å²) in [5, 5.41) is 5.53. The molecule has 0 saturated carbocycles. The van der Waals surface area contributed by atoms with Gasteiger partial charge in [0.05, 0.1) is 25.5 Å². The van der Waals surface area contributed by atoms with Gasteiger partial charge in [-0.2, -0.15) is 0 Å². The van der Waals surface area contributed by atoms with E-state index < -0.39 is 23.9 Å². The van der Waals surface area contributed by atoms with Crippen LogP contribution in [0.2, 0.25) is 0 Å². The third kappa shape index (κ3) is 7.73. The average molecular weight is 521 g/mol. The minimum absolute atomic E-state index is 0.108. The Balaban J connectivity index is 1.53. The van der Waals surface area contributed by atoms with Crippen LogP contribution in [0.15, 0.2) is 72.8 Å². The van der Waals surface area contributed by atoms with Crippen molar-refractivity contribution < 1.29 is 33.3 Å². The second kappa shape index (κ2) is 13.7. The molecule has 0 saturated heterocycles. The smallest absolute Gasteiger partial charge is 0.339 e. The van der Waals surface area contributed by atoms with Gasteiger partial charge in [-0.25, -0.2) is 4.79 Å². The van der Waals surface area contributed by atoms with Crippen molar-refractivity contribution in [1.29, 1.82) is 0 Å². The highest BCUT2D eigenvalue weighted by atomic mass is 16.5. The molecule has 0 aromatic heterocycles. The zero-order chi connectivity index (χ0) is 27.5. The number of esters is 1. The van der Waals surface area contributed by atoms with Crippen LogP contribution in [-0.4, -0.2) is 51.3 Å². The predicted molar refractivity (Wildman–Crippen MR) is 143 cm³/mol. The van der Waals surface area contributed by atoms with Crippen molar-refractivity contribution >= 4 is 23.5 Å². The number of amides is 2. The summed E-state index contributed by atoms with van der Waals surface area (Å²) in [5.41, 5.74) is 1.79. The molecule has 0 spiro atoms. The summed E-state index contributed by atoms with van der Waals surface area (Å²) in [4.78, 5) is 37.5. The van der Waals surface area contributed by atoms with Gasteiger partial charge in [0.1, 0.15) is 5.75 Å². The van der Waals surface area contributed by atoms with E-state index in [1.165, 1.54) is 39.3 Å². The lowest BCUT2D eigenvalue weighted by Crippen LogP contribution is -2.37. The van der Waals surface area contributed by atoms with E-state index in [0.717, 1.165) is 5.56 Å². The molecule has 0 unspecified atom stereocenters. The van der Waals surface area contributed by atoms with Gasteiger partial charge in [-0.3, -0.25) is 9.59 Å². The summed E-state index contributed by atoms with van der Waals surface area (Å²) in [6.45, 7) is 3.63. The van der Waals surface area contributed by atoms with E-state index in [9.17, 15) is 14.4 Å². The lowest BCUT2D eigenvalue weighted by molar-refractivity contribution is -0.129. The monoisotopic (exact) mass is 520 g/mol. The van der Waals surface area contributed by atoms with Gasteiger partial charge in [-0.1, -0.05) is 49.4 Å². The number of hydrogen-bond donors (Lipinski definition) is 2. The van der Waals surface area contributed by atoms with Gasteiger partial charge >= 0.3 is 5.97 Å². The van der Waals surface area contributed by atoms with E-state index in [1.54, 1.807) is 24.3 Å². The number of para-hydroxylation sites is 2. The fourth-order valence-electron chi connectivity index (χ4n) is 3.57. The van der Waals surface area contributed by atoms with Gasteiger partial charge in [0.25, 0.3) is 11.8 Å². The summed E-state index contributed by atoms with van der Waals surface area (Å²) in [5.74, 6) is -0.358. The van der Waals surface area contributed by atoms with Gasteiger partial charge in [0.15, 0.2) is 24.2 Å². The van der Waals surface area contributed by atoms with Crippen molar-refractivity contribution in [3.05, 3.63) is 83.9 Å². The van der Waals surface area contributed by atoms with E-state index in [2.05, 4.69) is 10.6 Å². The lowest BCUT2D eigenvalue weighted by Gasteiger charge is -2.17. The Kier molecular flexibility index (Phi) is 10.1. The van der Waals surface area contributed by atoms with Gasteiger partial charge in [-0.05, 0) is 48.7 Å². The summed E-state index contributed by atoms with van der Waals surface area (Å²) in [6.07, 6.45) is -0.994. The average Bonchev–Trinajstić information content (AvgIpc) is 2.95. The Morgan fingerprint density at radius 3 is 2.21 bits per heavy atom. The largest absolute Gasteiger partial charge is 0.495 e.